The van der Waals surface area contributed by atoms with Gasteiger partial charge in [0.25, 0.3) is 0 Å². The molecule has 2 aromatic heterocycles. The van der Waals surface area contributed by atoms with E-state index in [4.69, 9.17) is 4.98 Å². The Bertz CT molecular complexity index is 715. The second kappa shape index (κ2) is 7.66. The van der Waals surface area contributed by atoms with Crippen molar-refractivity contribution in [3.63, 3.8) is 0 Å². The van der Waals surface area contributed by atoms with Crippen molar-refractivity contribution in [3.8, 4) is 22.8 Å². The first-order chi connectivity index (χ1) is 11.7. The Hall–Kier alpha value is -2.79. The highest BCUT2D eigenvalue weighted by molar-refractivity contribution is 5.65. The van der Waals surface area contributed by atoms with Gasteiger partial charge in [-0.15, -0.1) is 0 Å². The molecule has 24 heavy (non-hydrogen) atoms. The summed E-state index contributed by atoms with van der Waals surface area (Å²) in [6, 6.07) is 17.8. The van der Waals surface area contributed by atoms with Crippen molar-refractivity contribution in [1.29, 1.82) is 0 Å². The highest BCUT2D eigenvalue weighted by atomic mass is 15.1. The van der Waals surface area contributed by atoms with Gasteiger partial charge in [-0.1, -0.05) is 36.4 Å². The largest absolute Gasteiger partial charge is 0.369 e. The second-order valence-corrected chi connectivity index (χ2v) is 5.77. The molecule has 0 amide bonds. The molecule has 1 aromatic carbocycles. The van der Waals surface area contributed by atoms with Crippen LogP contribution in [0.5, 0.6) is 0 Å². The summed E-state index contributed by atoms with van der Waals surface area (Å²) in [5.41, 5.74) is 2.65. The molecule has 0 bridgehead atoms. The van der Waals surface area contributed by atoms with Crippen molar-refractivity contribution < 1.29 is 0 Å². The van der Waals surface area contributed by atoms with Crippen LogP contribution in [0.1, 0.15) is 0 Å². The van der Waals surface area contributed by atoms with E-state index in [-0.39, 0.29) is 0 Å². The molecule has 122 valence electrons. The molecule has 2 heterocycles. The van der Waals surface area contributed by atoms with Crippen LogP contribution in [0.2, 0.25) is 0 Å². The lowest BCUT2D eigenvalue weighted by molar-refractivity contribution is 0.425. The van der Waals surface area contributed by atoms with Crippen molar-refractivity contribution in [2.45, 2.75) is 0 Å². The molecule has 3 rings (SSSR count). The SMILES string of the molecule is CN(C)CCNc1cc(-c2ccccn2)nc(-c2ccccc2)n1. The molecular weight excluding hydrogens is 298 g/mol. The summed E-state index contributed by atoms with van der Waals surface area (Å²) in [5, 5.41) is 3.38. The number of anilines is 1. The van der Waals surface area contributed by atoms with Crippen molar-refractivity contribution in [3.05, 3.63) is 60.8 Å². The lowest BCUT2D eigenvalue weighted by Crippen LogP contribution is -2.21. The van der Waals surface area contributed by atoms with Crippen LogP contribution in [0.25, 0.3) is 22.8 Å². The minimum atomic E-state index is 0.700. The third kappa shape index (κ3) is 4.14. The van der Waals surface area contributed by atoms with E-state index in [0.29, 0.717) is 5.82 Å². The van der Waals surface area contributed by atoms with Gasteiger partial charge in [-0.25, -0.2) is 9.97 Å². The van der Waals surface area contributed by atoms with Gasteiger partial charge in [-0.2, -0.15) is 0 Å². The topological polar surface area (TPSA) is 53.9 Å². The Kier molecular flexibility index (Phi) is 5.13. The number of nitrogens with zero attached hydrogens (tertiary/aromatic N) is 4. The van der Waals surface area contributed by atoms with Crippen LogP contribution < -0.4 is 5.32 Å². The Morgan fingerprint density at radius 1 is 0.917 bits per heavy atom. The van der Waals surface area contributed by atoms with Crippen LogP contribution >= 0.6 is 0 Å². The summed E-state index contributed by atoms with van der Waals surface area (Å²) >= 11 is 0. The lowest BCUT2D eigenvalue weighted by atomic mass is 10.2. The summed E-state index contributed by atoms with van der Waals surface area (Å²) < 4.78 is 0. The first-order valence-electron chi connectivity index (χ1n) is 7.97. The van der Waals surface area contributed by atoms with Crippen LogP contribution in [0.4, 0.5) is 5.82 Å². The minimum absolute atomic E-state index is 0.700. The second-order valence-electron chi connectivity index (χ2n) is 5.77. The highest BCUT2D eigenvalue weighted by Gasteiger charge is 2.09. The Balaban J connectivity index is 1.96. The average molecular weight is 319 g/mol. The predicted octanol–water partition coefficient (Wildman–Crippen LogP) is 3.18. The van der Waals surface area contributed by atoms with E-state index in [1.807, 2.05) is 54.6 Å². The van der Waals surface area contributed by atoms with E-state index in [0.717, 1.165) is 35.9 Å². The third-order valence-corrected chi connectivity index (χ3v) is 3.55. The van der Waals surface area contributed by atoms with Gasteiger partial charge in [0.05, 0.1) is 11.4 Å². The fourth-order valence-corrected chi connectivity index (χ4v) is 2.31. The van der Waals surface area contributed by atoms with Crippen molar-refractivity contribution in [2.24, 2.45) is 0 Å². The zero-order valence-electron chi connectivity index (χ0n) is 14.0. The molecule has 5 nitrogen and oxygen atoms in total. The van der Waals surface area contributed by atoms with E-state index in [9.17, 15) is 0 Å². The molecule has 1 N–H and O–H groups in total. The van der Waals surface area contributed by atoms with Crippen LogP contribution in [-0.4, -0.2) is 47.0 Å². The van der Waals surface area contributed by atoms with E-state index >= 15 is 0 Å². The van der Waals surface area contributed by atoms with Gasteiger partial charge in [0.1, 0.15) is 5.82 Å². The first-order valence-corrected chi connectivity index (χ1v) is 7.97. The molecule has 0 saturated heterocycles. The molecule has 0 radical (unpaired) electrons. The summed E-state index contributed by atoms with van der Waals surface area (Å²) in [6.45, 7) is 1.75. The van der Waals surface area contributed by atoms with Crippen LogP contribution in [0, 0.1) is 0 Å². The van der Waals surface area contributed by atoms with Gasteiger partial charge in [0.2, 0.25) is 0 Å². The van der Waals surface area contributed by atoms with Gasteiger partial charge in [-0.05, 0) is 26.2 Å². The van der Waals surface area contributed by atoms with Crippen molar-refractivity contribution >= 4 is 5.82 Å². The van der Waals surface area contributed by atoms with Crippen LogP contribution in [0.15, 0.2) is 60.8 Å². The molecule has 0 saturated carbocycles. The molecular formula is C19H21N5. The number of nitrogens with one attached hydrogen (secondary N) is 1. The smallest absolute Gasteiger partial charge is 0.162 e. The van der Waals surface area contributed by atoms with Gasteiger partial charge in [-0.3, -0.25) is 4.98 Å². The van der Waals surface area contributed by atoms with Gasteiger partial charge in [0.15, 0.2) is 5.82 Å². The maximum absolute atomic E-state index is 4.69. The predicted molar refractivity (Wildman–Crippen MR) is 97.7 cm³/mol. The summed E-state index contributed by atoms with van der Waals surface area (Å²) in [7, 11) is 4.10. The highest BCUT2D eigenvalue weighted by Crippen LogP contribution is 2.22. The Morgan fingerprint density at radius 2 is 1.71 bits per heavy atom. The number of benzene rings is 1. The number of hydrogen-bond acceptors (Lipinski definition) is 5. The van der Waals surface area contributed by atoms with Gasteiger partial charge < -0.3 is 10.2 Å². The Morgan fingerprint density at radius 3 is 2.42 bits per heavy atom. The molecule has 0 atom stereocenters. The van der Waals surface area contributed by atoms with E-state index in [1.165, 1.54) is 0 Å². The van der Waals surface area contributed by atoms with Crippen LogP contribution in [0.3, 0.4) is 0 Å². The summed E-state index contributed by atoms with van der Waals surface area (Å²) in [4.78, 5) is 15.9. The normalized spacial score (nSPS) is 10.8. The molecule has 3 aromatic rings. The van der Waals surface area contributed by atoms with E-state index in [1.54, 1.807) is 6.20 Å². The lowest BCUT2D eigenvalue weighted by Gasteiger charge is -2.12. The molecule has 5 heteroatoms. The minimum Gasteiger partial charge on any atom is -0.369 e. The van der Waals surface area contributed by atoms with Crippen molar-refractivity contribution in [2.75, 3.05) is 32.5 Å². The van der Waals surface area contributed by atoms with Gasteiger partial charge >= 0.3 is 0 Å². The summed E-state index contributed by atoms with van der Waals surface area (Å²) in [6.07, 6.45) is 1.78. The molecule has 0 aliphatic heterocycles. The van der Waals surface area contributed by atoms with Crippen molar-refractivity contribution in [1.82, 2.24) is 19.9 Å². The van der Waals surface area contributed by atoms with E-state index in [2.05, 4.69) is 34.3 Å². The average Bonchev–Trinajstić information content (AvgIpc) is 2.63. The third-order valence-electron chi connectivity index (χ3n) is 3.55. The number of likely N-dealkylation sites (N-methyl/N-ethyl adjacent to an activating group) is 1. The maximum Gasteiger partial charge on any atom is 0.162 e. The number of pyridine rings is 1. The molecule has 0 aliphatic rings. The van der Waals surface area contributed by atoms with Gasteiger partial charge in [0, 0.05) is 30.9 Å². The zero-order chi connectivity index (χ0) is 16.8. The zero-order valence-corrected chi connectivity index (χ0v) is 14.0. The van der Waals surface area contributed by atoms with Crippen LogP contribution in [-0.2, 0) is 0 Å². The monoisotopic (exact) mass is 319 g/mol. The Labute approximate surface area is 142 Å². The summed E-state index contributed by atoms with van der Waals surface area (Å²) in [5.74, 6) is 1.51. The van der Waals surface area contributed by atoms with E-state index < -0.39 is 0 Å². The standard InChI is InChI=1S/C19H21N5/c1-24(2)13-12-21-18-14-17(16-10-6-7-11-20-16)22-19(23-18)15-8-4-3-5-9-15/h3-11,14H,12-13H2,1-2H3,(H,21,22,23). The quantitative estimate of drug-likeness (QED) is 0.756. The molecule has 0 spiro atoms. The fraction of sp³-hybridized carbons (Fsp3) is 0.211. The number of hydrogen-bond donors (Lipinski definition) is 1. The fourth-order valence-electron chi connectivity index (χ4n) is 2.31. The number of rotatable bonds is 6. The number of aromatic nitrogens is 3. The first kappa shape index (κ1) is 16.1. The molecule has 0 unspecified atom stereocenters. The molecule has 0 aliphatic carbocycles. The molecule has 0 fully saturated rings. The maximum atomic E-state index is 4.69.